The third-order valence-electron chi connectivity index (χ3n) is 1.29. The summed E-state index contributed by atoms with van der Waals surface area (Å²) in [7, 11) is 1.58. The molecule has 0 aliphatic rings. The van der Waals surface area contributed by atoms with Gasteiger partial charge in [-0.15, -0.1) is 0 Å². The van der Waals surface area contributed by atoms with Crippen LogP contribution in [-0.2, 0) is 0 Å². The summed E-state index contributed by atoms with van der Waals surface area (Å²) in [6.07, 6.45) is 1.51. The van der Waals surface area contributed by atoms with E-state index >= 15 is 0 Å². The van der Waals surface area contributed by atoms with Crippen LogP contribution in [0.5, 0.6) is 0 Å². The molecule has 1 amide bonds. The number of carbonyl (C=O) groups is 1. The highest BCUT2D eigenvalue weighted by Gasteiger charge is 2.05. The molecule has 1 aromatic heterocycles. The van der Waals surface area contributed by atoms with E-state index in [-0.39, 0.29) is 5.91 Å². The molecule has 0 atom stereocenters. The number of rotatable bonds is 1. The Labute approximate surface area is 86.8 Å². The molecule has 1 aromatic rings. The first kappa shape index (κ1) is 9.67. The van der Waals surface area contributed by atoms with Crippen LogP contribution in [0.3, 0.4) is 0 Å². The standard InChI is InChI=1S/C7H6Br2N2O/c1-10-7(12)4-2-5(8)6(9)11-3-4/h2-3H,1H3,(H,10,12). The van der Waals surface area contributed by atoms with Crippen molar-refractivity contribution in [2.24, 2.45) is 0 Å². The second-order valence-electron chi connectivity index (χ2n) is 2.08. The molecule has 0 saturated carbocycles. The van der Waals surface area contributed by atoms with Crippen molar-refractivity contribution < 1.29 is 4.79 Å². The maximum atomic E-state index is 11.1. The fourth-order valence-corrected chi connectivity index (χ4v) is 1.26. The lowest BCUT2D eigenvalue weighted by molar-refractivity contribution is 0.0962. The number of aromatic nitrogens is 1. The van der Waals surface area contributed by atoms with Crippen molar-refractivity contribution in [1.82, 2.24) is 10.3 Å². The molecule has 1 rings (SSSR count). The molecule has 0 aliphatic heterocycles. The third kappa shape index (κ3) is 2.04. The van der Waals surface area contributed by atoms with Gasteiger partial charge in [-0.1, -0.05) is 0 Å². The highest BCUT2D eigenvalue weighted by molar-refractivity contribution is 9.13. The molecular weight excluding hydrogens is 288 g/mol. The van der Waals surface area contributed by atoms with Gasteiger partial charge in [0.2, 0.25) is 0 Å². The Bertz CT molecular complexity index is 314. The Morgan fingerprint density at radius 2 is 2.25 bits per heavy atom. The van der Waals surface area contributed by atoms with Crippen molar-refractivity contribution >= 4 is 37.8 Å². The molecule has 0 spiro atoms. The molecular formula is C7H6Br2N2O. The van der Waals surface area contributed by atoms with Crippen LogP contribution >= 0.6 is 31.9 Å². The molecule has 3 nitrogen and oxygen atoms in total. The number of nitrogens with zero attached hydrogens (tertiary/aromatic N) is 1. The van der Waals surface area contributed by atoms with Crippen molar-refractivity contribution in [3.05, 3.63) is 26.9 Å². The summed E-state index contributed by atoms with van der Waals surface area (Å²) in [6, 6.07) is 1.70. The summed E-state index contributed by atoms with van der Waals surface area (Å²) < 4.78 is 1.46. The van der Waals surface area contributed by atoms with Gasteiger partial charge >= 0.3 is 0 Å². The highest BCUT2D eigenvalue weighted by atomic mass is 79.9. The molecule has 0 aromatic carbocycles. The van der Waals surface area contributed by atoms with E-state index < -0.39 is 0 Å². The van der Waals surface area contributed by atoms with E-state index in [1.165, 1.54) is 6.20 Å². The van der Waals surface area contributed by atoms with Crippen molar-refractivity contribution in [2.45, 2.75) is 0 Å². The average molecular weight is 294 g/mol. The van der Waals surface area contributed by atoms with Crippen LogP contribution in [0.25, 0.3) is 0 Å². The Hall–Kier alpha value is -0.420. The van der Waals surface area contributed by atoms with Crippen LogP contribution in [0, 0.1) is 0 Å². The fourth-order valence-electron chi connectivity index (χ4n) is 0.690. The predicted octanol–water partition coefficient (Wildman–Crippen LogP) is 1.97. The Kier molecular flexibility index (Phi) is 3.22. The van der Waals surface area contributed by atoms with Crippen molar-refractivity contribution in [3.8, 4) is 0 Å². The third-order valence-corrected chi connectivity index (χ3v) is 3.05. The highest BCUT2D eigenvalue weighted by Crippen LogP contribution is 2.20. The van der Waals surface area contributed by atoms with E-state index in [9.17, 15) is 4.79 Å². The number of amides is 1. The molecule has 0 unspecified atom stereocenters. The number of hydrogen-bond donors (Lipinski definition) is 1. The topological polar surface area (TPSA) is 42.0 Å². The van der Waals surface area contributed by atoms with E-state index in [1.807, 2.05) is 0 Å². The van der Waals surface area contributed by atoms with Gasteiger partial charge in [0.25, 0.3) is 5.91 Å². The molecule has 0 radical (unpaired) electrons. The zero-order valence-electron chi connectivity index (χ0n) is 6.27. The van der Waals surface area contributed by atoms with Gasteiger partial charge in [0, 0.05) is 13.2 Å². The average Bonchev–Trinajstić information content (AvgIpc) is 2.08. The predicted molar refractivity (Wildman–Crippen MR) is 53.0 cm³/mol. The number of carbonyl (C=O) groups excluding carboxylic acids is 1. The maximum Gasteiger partial charge on any atom is 0.252 e. The Morgan fingerprint density at radius 1 is 1.58 bits per heavy atom. The van der Waals surface area contributed by atoms with Crippen molar-refractivity contribution in [2.75, 3.05) is 7.05 Å². The largest absolute Gasteiger partial charge is 0.355 e. The quantitative estimate of drug-likeness (QED) is 0.805. The minimum absolute atomic E-state index is 0.143. The van der Waals surface area contributed by atoms with E-state index in [0.717, 1.165) is 4.47 Å². The molecule has 0 fully saturated rings. The van der Waals surface area contributed by atoms with Crippen LogP contribution in [0.2, 0.25) is 0 Å². The summed E-state index contributed by atoms with van der Waals surface area (Å²) in [4.78, 5) is 15.0. The normalized spacial score (nSPS) is 9.58. The van der Waals surface area contributed by atoms with E-state index in [1.54, 1.807) is 13.1 Å². The second kappa shape index (κ2) is 4.00. The molecule has 0 saturated heterocycles. The first-order valence-corrected chi connectivity index (χ1v) is 4.77. The summed E-state index contributed by atoms with van der Waals surface area (Å²) in [5, 5.41) is 2.51. The van der Waals surface area contributed by atoms with Crippen molar-refractivity contribution in [1.29, 1.82) is 0 Å². The summed E-state index contributed by atoms with van der Waals surface area (Å²) in [5.41, 5.74) is 0.535. The van der Waals surface area contributed by atoms with Crippen LogP contribution in [0.4, 0.5) is 0 Å². The van der Waals surface area contributed by atoms with Gasteiger partial charge in [0.1, 0.15) is 4.60 Å². The van der Waals surface area contributed by atoms with Gasteiger partial charge in [-0.05, 0) is 37.9 Å². The zero-order valence-corrected chi connectivity index (χ0v) is 9.44. The van der Waals surface area contributed by atoms with Gasteiger partial charge in [0.05, 0.1) is 10.0 Å². The van der Waals surface area contributed by atoms with Gasteiger partial charge in [-0.3, -0.25) is 4.79 Å². The molecule has 0 bridgehead atoms. The minimum Gasteiger partial charge on any atom is -0.355 e. The number of hydrogen-bond acceptors (Lipinski definition) is 2. The summed E-state index contributed by atoms with van der Waals surface area (Å²) >= 11 is 6.46. The van der Waals surface area contributed by atoms with E-state index in [4.69, 9.17) is 0 Å². The Morgan fingerprint density at radius 3 is 2.75 bits per heavy atom. The molecule has 1 heterocycles. The number of nitrogens with one attached hydrogen (secondary N) is 1. The molecule has 12 heavy (non-hydrogen) atoms. The van der Waals surface area contributed by atoms with E-state index in [0.29, 0.717) is 10.2 Å². The summed E-state index contributed by atoms with van der Waals surface area (Å²) in [5.74, 6) is -0.143. The number of halogens is 2. The monoisotopic (exact) mass is 292 g/mol. The minimum atomic E-state index is -0.143. The van der Waals surface area contributed by atoms with Gasteiger partial charge in [0.15, 0.2) is 0 Å². The van der Waals surface area contributed by atoms with Gasteiger partial charge in [-0.25, -0.2) is 4.98 Å². The molecule has 1 N–H and O–H groups in total. The van der Waals surface area contributed by atoms with Crippen LogP contribution in [-0.4, -0.2) is 17.9 Å². The lowest BCUT2D eigenvalue weighted by Gasteiger charge is -2.00. The Balaban J connectivity index is 3.05. The smallest absolute Gasteiger partial charge is 0.252 e. The van der Waals surface area contributed by atoms with Crippen LogP contribution in [0.15, 0.2) is 21.3 Å². The summed E-state index contributed by atoms with van der Waals surface area (Å²) in [6.45, 7) is 0. The first-order valence-electron chi connectivity index (χ1n) is 3.18. The van der Waals surface area contributed by atoms with Gasteiger partial charge < -0.3 is 5.32 Å². The van der Waals surface area contributed by atoms with Crippen LogP contribution in [0.1, 0.15) is 10.4 Å². The lowest BCUT2D eigenvalue weighted by atomic mass is 10.3. The van der Waals surface area contributed by atoms with Crippen LogP contribution < -0.4 is 5.32 Å². The SMILES string of the molecule is CNC(=O)c1cnc(Br)c(Br)c1. The number of pyridine rings is 1. The zero-order chi connectivity index (χ0) is 9.14. The molecule has 0 aliphatic carbocycles. The molecule has 5 heteroatoms. The van der Waals surface area contributed by atoms with Gasteiger partial charge in [-0.2, -0.15) is 0 Å². The van der Waals surface area contributed by atoms with Crippen molar-refractivity contribution in [3.63, 3.8) is 0 Å². The van der Waals surface area contributed by atoms with E-state index in [2.05, 4.69) is 42.2 Å². The molecule has 64 valence electrons. The maximum absolute atomic E-state index is 11.1. The lowest BCUT2D eigenvalue weighted by Crippen LogP contribution is -2.17. The first-order chi connectivity index (χ1) is 5.65. The second-order valence-corrected chi connectivity index (χ2v) is 3.68. The fraction of sp³-hybridized carbons (Fsp3) is 0.143.